The Bertz CT molecular complexity index is 888. The molecular weight excluding hydrogens is 334 g/mol. The van der Waals surface area contributed by atoms with Crippen LogP contribution in [0.25, 0.3) is 0 Å². The Labute approximate surface area is 149 Å². The Kier molecular flexibility index (Phi) is 5.51. The first-order valence-corrected chi connectivity index (χ1v) is 7.80. The van der Waals surface area contributed by atoms with Gasteiger partial charge in [-0.15, -0.1) is 10.2 Å². The van der Waals surface area contributed by atoms with E-state index in [-0.39, 0.29) is 18.1 Å². The van der Waals surface area contributed by atoms with Crippen LogP contribution >= 0.6 is 0 Å². The van der Waals surface area contributed by atoms with Crippen molar-refractivity contribution < 1.29 is 18.8 Å². The number of nitrogens with one attached hydrogen (secondary N) is 1. The van der Waals surface area contributed by atoms with Gasteiger partial charge in [-0.25, -0.2) is 10.3 Å². The highest BCUT2D eigenvalue weighted by molar-refractivity contribution is 5.86. The number of nitrogens with zero attached hydrogens (tertiary/aromatic N) is 2. The van der Waals surface area contributed by atoms with E-state index in [0.717, 1.165) is 5.56 Å². The lowest BCUT2D eigenvalue weighted by molar-refractivity contribution is -0.117. The standard InChI is InChI=1S/C19H15N3O4/c23-18(13-14-5-2-1-3-6-14)21-20-15-8-10-16(11-9-15)22-26-19(24)17-7-4-12-25-17/h1-12,22H,13H2. The number of benzene rings is 2. The topological polar surface area (TPSA) is 93.3 Å². The number of hydrogen-bond acceptors (Lipinski definition) is 6. The van der Waals surface area contributed by atoms with Crippen LogP contribution in [0.1, 0.15) is 16.1 Å². The molecule has 1 amide bonds. The summed E-state index contributed by atoms with van der Waals surface area (Å²) in [7, 11) is 0. The lowest BCUT2D eigenvalue weighted by Crippen LogP contribution is -2.09. The van der Waals surface area contributed by atoms with E-state index >= 15 is 0 Å². The van der Waals surface area contributed by atoms with E-state index < -0.39 is 5.97 Å². The lowest BCUT2D eigenvalue weighted by atomic mass is 10.1. The Morgan fingerprint density at radius 1 is 0.962 bits per heavy atom. The van der Waals surface area contributed by atoms with Gasteiger partial charge < -0.3 is 9.25 Å². The maximum absolute atomic E-state index is 11.8. The molecule has 0 bridgehead atoms. The minimum atomic E-state index is -0.634. The number of azo groups is 1. The molecule has 1 N–H and O–H groups in total. The van der Waals surface area contributed by atoms with E-state index in [0.29, 0.717) is 11.4 Å². The number of carbonyl (C=O) groups excluding carboxylic acids is 2. The fraction of sp³-hybridized carbons (Fsp3) is 0.0526. The second-order valence-corrected chi connectivity index (χ2v) is 5.27. The van der Waals surface area contributed by atoms with Crippen LogP contribution in [0.15, 0.2) is 87.6 Å². The molecule has 0 aliphatic rings. The minimum absolute atomic E-state index is 0.0971. The molecule has 0 unspecified atom stereocenters. The predicted molar refractivity (Wildman–Crippen MR) is 93.9 cm³/mol. The monoisotopic (exact) mass is 349 g/mol. The molecule has 7 nitrogen and oxygen atoms in total. The number of hydrogen-bond donors (Lipinski definition) is 1. The van der Waals surface area contributed by atoms with Crippen LogP contribution in [-0.4, -0.2) is 11.9 Å². The van der Waals surface area contributed by atoms with Crippen molar-refractivity contribution in [3.63, 3.8) is 0 Å². The third-order valence-electron chi connectivity index (χ3n) is 3.33. The molecule has 130 valence electrons. The first kappa shape index (κ1) is 17.1. The lowest BCUT2D eigenvalue weighted by Gasteiger charge is -2.05. The highest BCUT2D eigenvalue weighted by Gasteiger charge is 2.10. The maximum Gasteiger partial charge on any atom is 0.398 e. The predicted octanol–water partition coefficient (Wildman–Crippen LogP) is 4.32. The van der Waals surface area contributed by atoms with Gasteiger partial charge in [0.25, 0.3) is 5.91 Å². The molecule has 7 heteroatoms. The van der Waals surface area contributed by atoms with E-state index in [1.54, 1.807) is 30.3 Å². The van der Waals surface area contributed by atoms with E-state index in [4.69, 9.17) is 9.25 Å². The summed E-state index contributed by atoms with van der Waals surface area (Å²) in [6, 6.07) is 19.0. The van der Waals surface area contributed by atoms with Crippen LogP contribution in [-0.2, 0) is 16.1 Å². The van der Waals surface area contributed by atoms with Crippen molar-refractivity contribution in [2.75, 3.05) is 5.48 Å². The molecule has 1 heterocycles. The zero-order valence-corrected chi connectivity index (χ0v) is 13.7. The van der Waals surface area contributed by atoms with Gasteiger partial charge in [0.2, 0.25) is 5.76 Å². The maximum atomic E-state index is 11.8. The third-order valence-corrected chi connectivity index (χ3v) is 3.33. The summed E-state index contributed by atoms with van der Waals surface area (Å²) in [4.78, 5) is 28.3. The van der Waals surface area contributed by atoms with Gasteiger partial charge in [0, 0.05) is 0 Å². The van der Waals surface area contributed by atoms with E-state index in [2.05, 4.69) is 15.7 Å². The van der Waals surface area contributed by atoms with Crippen molar-refractivity contribution in [3.8, 4) is 0 Å². The molecule has 0 saturated carbocycles. The number of rotatable bonds is 6. The smallest absolute Gasteiger partial charge is 0.398 e. The second kappa shape index (κ2) is 8.39. The summed E-state index contributed by atoms with van der Waals surface area (Å²) in [6.45, 7) is 0. The summed E-state index contributed by atoms with van der Waals surface area (Å²) in [6.07, 6.45) is 1.59. The van der Waals surface area contributed by atoms with Crippen LogP contribution in [0.4, 0.5) is 11.4 Å². The number of anilines is 1. The fourth-order valence-electron chi connectivity index (χ4n) is 2.07. The molecule has 2 aromatic carbocycles. The summed E-state index contributed by atoms with van der Waals surface area (Å²) in [5, 5.41) is 7.60. The van der Waals surface area contributed by atoms with Crippen molar-refractivity contribution in [3.05, 3.63) is 84.3 Å². The zero-order chi connectivity index (χ0) is 18.2. The second-order valence-electron chi connectivity index (χ2n) is 5.27. The molecule has 0 saturated heterocycles. The van der Waals surface area contributed by atoms with Crippen LogP contribution in [0, 0.1) is 0 Å². The van der Waals surface area contributed by atoms with Gasteiger partial charge in [0.1, 0.15) is 0 Å². The molecule has 0 radical (unpaired) electrons. The van der Waals surface area contributed by atoms with Crippen LogP contribution < -0.4 is 5.48 Å². The average molecular weight is 349 g/mol. The Morgan fingerprint density at radius 3 is 2.42 bits per heavy atom. The molecule has 3 aromatic rings. The van der Waals surface area contributed by atoms with E-state index in [1.807, 2.05) is 30.3 Å². The molecule has 0 fully saturated rings. The molecule has 0 aliphatic heterocycles. The molecule has 1 aromatic heterocycles. The number of carbonyl (C=O) groups is 2. The summed E-state index contributed by atoms with van der Waals surface area (Å²) >= 11 is 0. The first-order valence-electron chi connectivity index (χ1n) is 7.80. The van der Waals surface area contributed by atoms with Crippen LogP contribution in [0.5, 0.6) is 0 Å². The third kappa shape index (κ3) is 4.88. The normalized spacial score (nSPS) is 10.6. The summed E-state index contributed by atoms with van der Waals surface area (Å²) in [5.41, 5.74) is 4.44. The largest absolute Gasteiger partial charge is 0.457 e. The van der Waals surface area contributed by atoms with Crippen LogP contribution in [0.2, 0.25) is 0 Å². The van der Waals surface area contributed by atoms with Gasteiger partial charge in [-0.3, -0.25) is 4.79 Å². The molecular formula is C19H15N3O4. The number of furan rings is 1. The highest BCUT2D eigenvalue weighted by atomic mass is 16.7. The van der Waals surface area contributed by atoms with Crippen molar-refractivity contribution in [1.29, 1.82) is 0 Å². The highest BCUT2D eigenvalue weighted by Crippen LogP contribution is 2.17. The van der Waals surface area contributed by atoms with E-state index in [1.165, 1.54) is 12.3 Å². The molecule has 0 aliphatic carbocycles. The molecule has 0 atom stereocenters. The fourth-order valence-corrected chi connectivity index (χ4v) is 2.07. The van der Waals surface area contributed by atoms with E-state index in [9.17, 15) is 9.59 Å². The molecule has 3 rings (SSSR count). The summed E-state index contributed by atoms with van der Waals surface area (Å²) in [5.74, 6) is -0.865. The van der Waals surface area contributed by atoms with Gasteiger partial charge >= 0.3 is 5.97 Å². The number of amides is 1. The average Bonchev–Trinajstić information content (AvgIpc) is 3.21. The quantitative estimate of drug-likeness (QED) is 0.528. The molecule has 0 spiro atoms. The Morgan fingerprint density at radius 2 is 1.73 bits per heavy atom. The SMILES string of the molecule is O=C(Cc1ccccc1)N=Nc1ccc(NOC(=O)c2ccco2)cc1. The zero-order valence-electron chi connectivity index (χ0n) is 13.7. The minimum Gasteiger partial charge on any atom is -0.457 e. The van der Waals surface area contributed by atoms with Gasteiger partial charge in [-0.1, -0.05) is 30.3 Å². The van der Waals surface area contributed by atoms with Crippen molar-refractivity contribution in [2.24, 2.45) is 10.2 Å². The van der Waals surface area contributed by atoms with Gasteiger partial charge in [0.15, 0.2) is 0 Å². The Hall–Kier alpha value is -3.74. The van der Waals surface area contributed by atoms with Crippen molar-refractivity contribution >= 4 is 23.3 Å². The summed E-state index contributed by atoms with van der Waals surface area (Å²) < 4.78 is 4.93. The van der Waals surface area contributed by atoms with Gasteiger partial charge in [-0.05, 0) is 42.0 Å². The van der Waals surface area contributed by atoms with Crippen LogP contribution in [0.3, 0.4) is 0 Å². The van der Waals surface area contributed by atoms with Gasteiger partial charge in [-0.2, -0.15) is 0 Å². The first-order chi connectivity index (χ1) is 12.7. The van der Waals surface area contributed by atoms with Gasteiger partial charge in [0.05, 0.1) is 24.1 Å². The Balaban J connectivity index is 1.51. The van der Waals surface area contributed by atoms with Crippen molar-refractivity contribution in [2.45, 2.75) is 6.42 Å². The molecule has 26 heavy (non-hydrogen) atoms. The van der Waals surface area contributed by atoms with Crippen molar-refractivity contribution in [1.82, 2.24) is 0 Å².